The normalized spacial score (nSPS) is 23.3. The van der Waals surface area contributed by atoms with Gasteiger partial charge in [-0.3, -0.25) is 4.90 Å². The first-order valence-corrected chi connectivity index (χ1v) is 7.88. The van der Waals surface area contributed by atoms with Crippen LogP contribution in [0.4, 0.5) is 0 Å². The zero-order valence-electron chi connectivity index (χ0n) is 12.5. The minimum Gasteiger partial charge on any atom is -0.488 e. The van der Waals surface area contributed by atoms with Gasteiger partial charge >= 0.3 is 0 Å². The molecular weight excluding hydrogens is 248 g/mol. The van der Waals surface area contributed by atoms with Crippen molar-refractivity contribution in [3.8, 4) is 5.75 Å². The summed E-state index contributed by atoms with van der Waals surface area (Å²) in [6, 6.07) is 8.67. The second-order valence-corrected chi connectivity index (χ2v) is 6.53. The van der Waals surface area contributed by atoms with Gasteiger partial charge in [0, 0.05) is 25.0 Å². The fraction of sp³-hybridized carbons (Fsp3) is 0.647. The highest BCUT2D eigenvalue weighted by Crippen LogP contribution is 2.39. The third kappa shape index (κ3) is 2.70. The summed E-state index contributed by atoms with van der Waals surface area (Å²) in [6.45, 7) is 2.82. The molecule has 0 radical (unpaired) electrons. The number of ether oxygens (including phenoxy) is 1. The van der Waals surface area contributed by atoms with Crippen LogP contribution in [0.1, 0.15) is 37.7 Å². The molecule has 2 N–H and O–H groups in total. The van der Waals surface area contributed by atoms with E-state index in [1.54, 1.807) is 0 Å². The number of nitrogens with zero attached hydrogens (tertiary/aromatic N) is 1. The van der Waals surface area contributed by atoms with Crippen LogP contribution in [0.3, 0.4) is 0 Å². The van der Waals surface area contributed by atoms with Crippen molar-refractivity contribution >= 4 is 0 Å². The van der Waals surface area contributed by atoms with E-state index in [0.29, 0.717) is 6.10 Å². The summed E-state index contributed by atoms with van der Waals surface area (Å²) >= 11 is 0. The molecule has 3 rings (SSSR count). The van der Waals surface area contributed by atoms with E-state index in [1.165, 1.54) is 37.7 Å². The van der Waals surface area contributed by atoms with Crippen LogP contribution in [-0.4, -0.2) is 37.7 Å². The van der Waals surface area contributed by atoms with Gasteiger partial charge in [-0.25, -0.2) is 0 Å². The zero-order valence-corrected chi connectivity index (χ0v) is 12.5. The van der Waals surface area contributed by atoms with Crippen molar-refractivity contribution < 1.29 is 4.74 Å². The second kappa shape index (κ2) is 5.74. The quantitative estimate of drug-likeness (QED) is 0.917. The van der Waals surface area contributed by atoms with Gasteiger partial charge in [0.25, 0.3) is 0 Å². The lowest BCUT2D eigenvalue weighted by Gasteiger charge is -2.38. The van der Waals surface area contributed by atoms with Gasteiger partial charge in [-0.1, -0.05) is 31.4 Å². The molecule has 20 heavy (non-hydrogen) atoms. The number of benzene rings is 1. The molecule has 2 aliphatic rings. The molecule has 1 aromatic carbocycles. The molecule has 3 heteroatoms. The smallest absolute Gasteiger partial charge is 0.124 e. The molecule has 0 spiro atoms. The van der Waals surface area contributed by atoms with E-state index in [-0.39, 0.29) is 5.41 Å². The van der Waals surface area contributed by atoms with Crippen molar-refractivity contribution in [1.29, 1.82) is 0 Å². The Morgan fingerprint density at radius 3 is 2.65 bits per heavy atom. The van der Waals surface area contributed by atoms with Gasteiger partial charge in [0.05, 0.1) is 0 Å². The molecule has 0 aromatic heterocycles. The maximum Gasteiger partial charge on any atom is 0.124 e. The minimum absolute atomic E-state index is 0.189. The lowest BCUT2D eigenvalue weighted by Crippen LogP contribution is -2.51. The summed E-state index contributed by atoms with van der Waals surface area (Å²) < 4.78 is 6.06. The van der Waals surface area contributed by atoms with Gasteiger partial charge in [-0.2, -0.15) is 0 Å². The summed E-state index contributed by atoms with van der Waals surface area (Å²) in [5, 5.41) is 0. The third-order valence-electron chi connectivity index (χ3n) is 4.98. The Balaban J connectivity index is 1.75. The fourth-order valence-corrected chi connectivity index (χ4v) is 3.65. The van der Waals surface area contributed by atoms with E-state index >= 15 is 0 Å². The highest BCUT2D eigenvalue weighted by atomic mass is 16.5. The summed E-state index contributed by atoms with van der Waals surface area (Å²) in [4.78, 5) is 2.27. The van der Waals surface area contributed by atoms with Crippen molar-refractivity contribution in [1.82, 2.24) is 4.90 Å². The summed E-state index contributed by atoms with van der Waals surface area (Å²) in [5.41, 5.74) is 7.70. The average molecular weight is 274 g/mol. The summed E-state index contributed by atoms with van der Waals surface area (Å²) in [7, 11) is 2.13. The first kappa shape index (κ1) is 13.9. The third-order valence-corrected chi connectivity index (χ3v) is 4.98. The number of nitrogens with two attached hydrogens (primary N) is 1. The molecule has 110 valence electrons. The average Bonchev–Trinajstić information content (AvgIpc) is 2.47. The minimum atomic E-state index is 0.189. The molecule has 2 fully saturated rings. The van der Waals surface area contributed by atoms with E-state index in [4.69, 9.17) is 10.5 Å². The number of rotatable bonds is 4. The van der Waals surface area contributed by atoms with Crippen LogP contribution in [0.15, 0.2) is 24.3 Å². The highest BCUT2D eigenvalue weighted by Gasteiger charge is 2.33. The van der Waals surface area contributed by atoms with Crippen LogP contribution in [0.5, 0.6) is 5.75 Å². The molecule has 0 bridgehead atoms. The van der Waals surface area contributed by atoms with Crippen LogP contribution >= 0.6 is 0 Å². The number of likely N-dealkylation sites (tertiary alicyclic amines) is 1. The van der Waals surface area contributed by atoms with Gasteiger partial charge in [-0.05, 0) is 37.6 Å². The summed E-state index contributed by atoms with van der Waals surface area (Å²) in [6.07, 6.45) is 6.76. The van der Waals surface area contributed by atoms with Gasteiger partial charge < -0.3 is 10.5 Å². The Hall–Kier alpha value is -1.06. The Bertz CT molecular complexity index is 448. The van der Waals surface area contributed by atoms with Gasteiger partial charge in [-0.15, -0.1) is 0 Å². The van der Waals surface area contributed by atoms with E-state index in [0.717, 1.165) is 25.4 Å². The molecular formula is C17H26N2O. The number of likely N-dealkylation sites (N-methyl/N-ethyl adjacent to an activating group) is 1. The SMILES string of the molecule is CN1CC(Oc2cccc(C3(CN)CCCCC3)c2)C1. The molecule has 0 atom stereocenters. The lowest BCUT2D eigenvalue weighted by atomic mass is 9.69. The van der Waals surface area contributed by atoms with E-state index in [1.807, 2.05) is 0 Å². The van der Waals surface area contributed by atoms with E-state index in [9.17, 15) is 0 Å². The highest BCUT2D eigenvalue weighted by molar-refractivity contribution is 5.35. The molecule has 1 aliphatic carbocycles. The molecule has 1 aliphatic heterocycles. The molecule has 1 saturated heterocycles. The maximum atomic E-state index is 6.13. The monoisotopic (exact) mass is 274 g/mol. The largest absolute Gasteiger partial charge is 0.488 e. The van der Waals surface area contributed by atoms with Crippen LogP contribution < -0.4 is 10.5 Å². The number of hydrogen-bond donors (Lipinski definition) is 1. The Morgan fingerprint density at radius 2 is 2.00 bits per heavy atom. The molecule has 1 saturated carbocycles. The van der Waals surface area contributed by atoms with E-state index < -0.39 is 0 Å². The molecule has 1 aromatic rings. The van der Waals surface area contributed by atoms with Crippen molar-refractivity contribution in [2.24, 2.45) is 5.73 Å². The van der Waals surface area contributed by atoms with Crippen LogP contribution in [-0.2, 0) is 5.41 Å². The Labute approximate surface area is 122 Å². The second-order valence-electron chi connectivity index (χ2n) is 6.53. The maximum absolute atomic E-state index is 6.13. The molecule has 0 amide bonds. The molecule has 0 unspecified atom stereocenters. The Kier molecular flexibility index (Phi) is 3.99. The van der Waals surface area contributed by atoms with Crippen molar-refractivity contribution in [2.75, 3.05) is 26.7 Å². The van der Waals surface area contributed by atoms with Crippen molar-refractivity contribution in [3.05, 3.63) is 29.8 Å². The first-order chi connectivity index (χ1) is 9.72. The fourth-order valence-electron chi connectivity index (χ4n) is 3.65. The predicted molar refractivity (Wildman–Crippen MR) is 82.2 cm³/mol. The standard InChI is InChI=1S/C17H26N2O/c1-19-11-16(12-19)20-15-7-5-6-14(10-15)17(13-18)8-3-2-4-9-17/h5-7,10,16H,2-4,8-9,11-13,18H2,1H3. The predicted octanol–water partition coefficient (Wildman–Crippen LogP) is 2.54. The van der Waals surface area contributed by atoms with Crippen molar-refractivity contribution in [2.45, 2.75) is 43.6 Å². The van der Waals surface area contributed by atoms with Crippen LogP contribution in [0.2, 0.25) is 0 Å². The van der Waals surface area contributed by atoms with E-state index in [2.05, 4.69) is 36.2 Å². The molecule has 3 nitrogen and oxygen atoms in total. The summed E-state index contributed by atoms with van der Waals surface area (Å²) in [5.74, 6) is 1.01. The van der Waals surface area contributed by atoms with Gasteiger partial charge in [0.15, 0.2) is 0 Å². The topological polar surface area (TPSA) is 38.5 Å². The molecule has 1 heterocycles. The van der Waals surface area contributed by atoms with Gasteiger partial charge in [0.2, 0.25) is 0 Å². The van der Waals surface area contributed by atoms with Crippen molar-refractivity contribution in [3.63, 3.8) is 0 Å². The van der Waals surface area contributed by atoms with Crippen LogP contribution in [0.25, 0.3) is 0 Å². The number of hydrogen-bond acceptors (Lipinski definition) is 3. The lowest BCUT2D eigenvalue weighted by molar-refractivity contribution is 0.0387. The first-order valence-electron chi connectivity index (χ1n) is 7.88. The Morgan fingerprint density at radius 1 is 1.25 bits per heavy atom. The zero-order chi connectivity index (χ0) is 14.0. The van der Waals surface area contributed by atoms with Crippen LogP contribution in [0, 0.1) is 0 Å². The van der Waals surface area contributed by atoms with Gasteiger partial charge in [0.1, 0.15) is 11.9 Å².